The molecule has 0 saturated heterocycles. The van der Waals surface area contributed by atoms with E-state index in [4.69, 9.17) is 0 Å². The Morgan fingerprint density at radius 2 is 0.935 bits per heavy atom. The summed E-state index contributed by atoms with van der Waals surface area (Å²) in [6.45, 7) is 0. The van der Waals surface area contributed by atoms with Crippen LogP contribution in [0.3, 0.4) is 0 Å². The fourth-order valence-corrected chi connectivity index (χ4v) is 8.04. The molecule has 0 unspecified atom stereocenters. The van der Waals surface area contributed by atoms with Gasteiger partial charge in [0.1, 0.15) is 0 Å². The lowest BCUT2D eigenvalue weighted by Crippen LogP contribution is -2.12. The first-order chi connectivity index (χ1) is 22.8. The highest BCUT2D eigenvalue weighted by atomic mass is 32.1. The summed E-state index contributed by atoms with van der Waals surface area (Å²) in [5, 5.41) is 7.58. The van der Waals surface area contributed by atoms with Crippen molar-refractivity contribution in [2.24, 2.45) is 0 Å². The van der Waals surface area contributed by atoms with E-state index in [1.54, 1.807) is 0 Å². The van der Waals surface area contributed by atoms with Gasteiger partial charge in [-0.2, -0.15) is 0 Å². The Bertz CT molecular complexity index is 2550. The average Bonchev–Trinajstić information content (AvgIpc) is 3.50. The van der Waals surface area contributed by atoms with Gasteiger partial charge in [-0.25, -0.2) is 0 Å². The maximum atomic E-state index is 2.45. The molecule has 0 spiro atoms. The van der Waals surface area contributed by atoms with Crippen molar-refractivity contribution < 1.29 is 0 Å². The standard InChI is InChI=1S/C44H29NS/c1-3-18-35-30(12-1)14-10-22-37(35)38-20-5-7-23-42(38)45(41-24-11-15-31-13-2-4-19-36(31)41)34-17-9-16-32(28-34)33-26-27-40-39-21-6-8-25-43(39)46-44(40)29-33/h1-29H. The minimum atomic E-state index is 1.12. The summed E-state index contributed by atoms with van der Waals surface area (Å²) in [6, 6.07) is 64.0. The molecule has 0 aliphatic heterocycles. The van der Waals surface area contributed by atoms with E-state index in [0.717, 1.165) is 17.1 Å². The second-order valence-corrected chi connectivity index (χ2v) is 12.8. The number of fused-ring (bicyclic) bond motifs is 5. The van der Waals surface area contributed by atoms with Crippen LogP contribution in [0.2, 0.25) is 0 Å². The smallest absolute Gasteiger partial charge is 0.0540 e. The minimum Gasteiger partial charge on any atom is -0.309 e. The fraction of sp³-hybridized carbons (Fsp3) is 0. The molecule has 1 nitrogen and oxygen atoms in total. The zero-order chi connectivity index (χ0) is 30.5. The zero-order valence-corrected chi connectivity index (χ0v) is 25.9. The van der Waals surface area contributed by atoms with Gasteiger partial charge in [-0.15, -0.1) is 11.3 Å². The number of anilines is 3. The van der Waals surface area contributed by atoms with E-state index in [1.165, 1.54) is 64.0 Å². The van der Waals surface area contributed by atoms with Crippen molar-refractivity contribution in [2.45, 2.75) is 0 Å². The molecule has 0 fully saturated rings. The predicted molar refractivity (Wildman–Crippen MR) is 200 cm³/mol. The van der Waals surface area contributed by atoms with Crippen molar-refractivity contribution in [1.82, 2.24) is 0 Å². The zero-order valence-electron chi connectivity index (χ0n) is 25.1. The lowest BCUT2D eigenvalue weighted by molar-refractivity contribution is 1.30. The van der Waals surface area contributed by atoms with Crippen molar-refractivity contribution in [3.63, 3.8) is 0 Å². The molecule has 0 radical (unpaired) electrons. The van der Waals surface area contributed by atoms with Crippen LogP contribution in [0.15, 0.2) is 176 Å². The summed E-state index contributed by atoms with van der Waals surface area (Å²) < 4.78 is 2.65. The van der Waals surface area contributed by atoms with E-state index in [9.17, 15) is 0 Å². The predicted octanol–water partition coefficient (Wildman–Crippen LogP) is 13.2. The quantitative estimate of drug-likeness (QED) is 0.189. The molecule has 0 aliphatic carbocycles. The van der Waals surface area contributed by atoms with Crippen molar-refractivity contribution in [3.8, 4) is 22.3 Å². The van der Waals surface area contributed by atoms with Gasteiger partial charge < -0.3 is 4.90 Å². The molecule has 46 heavy (non-hydrogen) atoms. The first-order valence-electron chi connectivity index (χ1n) is 15.7. The van der Waals surface area contributed by atoms with Gasteiger partial charge in [0.15, 0.2) is 0 Å². The van der Waals surface area contributed by atoms with Crippen molar-refractivity contribution in [3.05, 3.63) is 176 Å². The first-order valence-corrected chi connectivity index (χ1v) is 16.5. The average molecular weight is 604 g/mol. The van der Waals surface area contributed by atoms with Crippen molar-refractivity contribution >= 4 is 70.1 Å². The summed E-state index contributed by atoms with van der Waals surface area (Å²) in [4.78, 5) is 2.45. The molecular weight excluding hydrogens is 575 g/mol. The van der Waals surface area contributed by atoms with Gasteiger partial charge in [0.2, 0.25) is 0 Å². The normalized spacial score (nSPS) is 11.5. The Hall–Kier alpha value is -5.70. The van der Waals surface area contributed by atoms with Gasteiger partial charge in [0.25, 0.3) is 0 Å². The third kappa shape index (κ3) is 4.46. The highest BCUT2D eigenvalue weighted by Gasteiger charge is 2.20. The van der Waals surface area contributed by atoms with E-state index >= 15 is 0 Å². The van der Waals surface area contributed by atoms with Crippen LogP contribution in [0, 0.1) is 0 Å². The first kappa shape index (κ1) is 26.7. The molecule has 0 atom stereocenters. The SMILES string of the molecule is c1cc(-c2ccc3c(c2)sc2ccccc23)cc(N(c2ccccc2-c2cccc3ccccc23)c2cccc3ccccc23)c1. The van der Waals surface area contributed by atoms with Gasteiger partial charge in [-0.1, -0.05) is 140 Å². The molecule has 0 amide bonds. The molecule has 216 valence electrons. The number of thiophene rings is 1. The summed E-state index contributed by atoms with van der Waals surface area (Å²) in [7, 11) is 0. The number of hydrogen-bond acceptors (Lipinski definition) is 2. The molecule has 1 aromatic heterocycles. The monoisotopic (exact) mass is 603 g/mol. The maximum absolute atomic E-state index is 2.45. The molecule has 0 bridgehead atoms. The van der Waals surface area contributed by atoms with Gasteiger partial charge in [0.05, 0.1) is 11.4 Å². The van der Waals surface area contributed by atoms with Crippen LogP contribution in [-0.2, 0) is 0 Å². The second-order valence-electron chi connectivity index (χ2n) is 11.7. The van der Waals surface area contributed by atoms with Crippen LogP contribution >= 0.6 is 11.3 Å². The molecule has 0 N–H and O–H groups in total. The molecule has 0 aliphatic rings. The number of benzene rings is 8. The number of para-hydroxylation sites is 1. The molecule has 2 heteroatoms. The lowest BCUT2D eigenvalue weighted by Gasteiger charge is -2.29. The molecule has 9 rings (SSSR count). The third-order valence-electron chi connectivity index (χ3n) is 9.05. The second kappa shape index (κ2) is 11.0. The highest BCUT2D eigenvalue weighted by molar-refractivity contribution is 7.25. The highest BCUT2D eigenvalue weighted by Crippen LogP contribution is 2.45. The molecule has 8 aromatic carbocycles. The Labute approximate surface area is 272 Å². The lowest BCUT2D eigenvalue weighted by atomic mass is 9.95. The van der Waals surface area contributed by atoms with Crippen molar-refractivity contribution in [1.29, 1.82) is 0 Å². The van der Waals surface area contributed by atoms with Gasteiger partial charge in [-0.3, -0.25) is 0 Å². The van der Waals surface area contributed by atoms with Gasteiger partial charge in [0, 0.05) is 36.8 Å². The maximum Gasteiger partial charge on any atom is 0.0540 e. The third-order valence-corrected chi connectivity index (χ3v) is 10.2. The Morgan fingerprint density at radius 3 is 1.83 bits per heavy atom. The van der Waals surface area contributed by atoms with E-state index in [-0.39, 0.29) is 0 Å². The molecular formula is C44H29NS. The van der Waals surface area contributed by atoms with Crippen LogP contribution in [0.1, 0.15) is 0 Å². The summed E-state index contributed by atoms with van der Waals surface area (Å²) in [5.41, 5.74) is 8.27. The molecule has 1 heterocycles. The largest absolute Gasteiger partial charge is 0.309 e. The number of rotatable bonds is 5. The topological polar surface area (TPSA) is 3.24 Å². The van der Waals surface area contributed by atoms with E-state index in [1.807, 2.05) is 11.3 Å². The summed E-state index contributed by atoms with van der Waals surface area (Å²) in [6.07, 6.45) is 0. The van der Waals surface area contributed by atoms with Crippen LogP contribution in [0.5, 0.6) is 0 Å². The van der Waals surface area contributed by atoms with Gasteiger partial charge in [-0.05, 0) is 69.2 Å². The minimum absolute atomic E-state index is 1.12. The van der Waals surface area contributed by atoms with E-state index in [0.29, 0.717) is 0 Å². The van der Waals surface area contributed by atoms with Crippen LogP contribution < -0.4 is 4.90 Å². The van der Waals surface area contributed by atoms with Crippen molar-refractivity contribution in [2.75, 3.05) is 4.90 Å². The number of hydrogen-bond donors (Lipinski definition) is 0. The summed E-state index contributed by atoms with van der Waals surface area (Å²) in [5.74, 6) is 0. The fourth-order valence-electron chi connectivity index (χ4n) is 6.90. The number of nitrogens with zero attached hydrogens (tertiary/aromatic N) is 1. The van der Waals surface area contributed by atoms with Gasteiger partial charge >= 0.3 is 0 Å². The van der Waals surface area contributed by atoms with E-state index in [2.05, 4.69) is 181 Å². The Balaban J connectivity index is 1.27. The Kier molecular flexibility index (Phi) is 6.40. The van der Waals surface area contributed by atoms with Crippen LogP contribution in [0.4, 0.5) is 17.1 Å². The van der Waals surface area contributed by atoms with Crippen LogP contribution in [0.25, 0.3) is 64.0 Å². The molecule has 9 aromatic rings. The Morgan fingerprint density at radius 1 is 0.348 bits per heavy atom. The summed E-state index contributed by atoms with van der Waals surface area (Å²) >= 11 is 1.87. The van der Waals surface area contributed by atoms with Crippen LogP contribution in [-0.4, -0.2) is 0 Å². The molecule has 0 saturated carbocycles. The van der Waals surface area contributed by atoms with E-state index < -0.39 is 0 Å².